The molecule has 0 fully saturated rings. The molecule has 0 saturated heterocycles. The van der Waals surface area contributed by atoms with E-state index in [-0.39, 0.29) is 6.04 Å². The number of hydrogen-bond donors (Lipinski definition) is 1. The minimum atomic E-state index is -4.38. The lowest BCUT2D eigenvalue weighted by Crippen LogP contribution is -2.20. The summed E-state index contributed by atoms with van der Waals surface area (Å²) >= 11 is 0.684. The molecule has 6 heteroatoms. The Morgan fingerprint density at radius 1 is 1.26 bits per heavy atom. The number of benzene rings is 1. The van der Waals surface area contributed by atoms with E-state index in [2.05, 4.69) is 10.3 Å². The fourth-order valence-electron chi connectivity index (χ4n) is 1.78. The first-order valence-electron chi connectivity index (χ1n) is 5.83. The van der Waals surface area contributed by atoms with Gasteiger partial charge in [-0.15, -0.1) is 11.3 Å². The van der Waals surface area contributed by atoms with E-state index in [9.17, 15) is 13.2 Å². The molecular formula is C13H13F3N2S. The summed E-state index contributed by atoms with van der Waals surface area (Å²) in [5.41, 5.74) is 0.932. The molecule has 0 aliphatic rings. The Morgan fingerprint density at radius 3 is 2.47 bits per heavy atom. The molecule has 1 heterocycles. The zero-order valence-electron chi connectivity index (χ0n) is 10.2. The van der Waals surface area contributed by atoms with Crippen LogP contribution in [0.5, 0.6) is 0 Å². The first kappa shape index (κ1) is 14.0. The molecule has 1 aromatic carbocycles. The molecule has 102 valence electrons. The highest BCUT2D eigenvalue weighted by Crippen LogP contribution is 2.35. The molecular weight excluding hydrogens is 273 g/mol. The summed E-state index contributed by atoms with van der Waals surface area (Å²) < 4.78 is 37.7. The van der Waals surface area contributed by atoms with Crippen LogP contribution in [0.2, 0.25) is 0 Å². The highest BCUT2D eigenvalue weighted by molar-refractivity contribution is 7.11. The third-order valence-corrected chi connectivity index (χ3v) is 3.70. The van der Waals surface area contributed by atoms with Crippen molar-refractivity contribution >= 4 is 11.3 Å². The molecule has 2 aromatic rings. The Balaban J connectivity index is 2.32. The van der Waals surface area contributed by atoms with Crippen molar-refractivity contribution in [3.8, 4) is 0 Å². The average molecular weight is 286 g/mol. The number of nitrogens with one attached hydrogen (secondary N) is 1. The van der Waals surface area contributed by atoms with Crippen LogP contribution < -0.4 is 5.32 Å². The number of alkyl halides is 3. The molecule has 0 saturated carbocycles. The van der Waals surface area contributed by atoms with E-state index in [0.717, 1.165) is 5.56 Å². The van der Waals surface area contributed by atoms with Gasteiger partial charge in [-0.25, -0.2) is 4.98 Å². The molecule has 0 aliphatic carbocycles. The van der Waals surface area contributed by atoms with Crippen molar-refractivity contribution < 1.29 is 13.2 Å². The predicted molar refractivity (Wildman–Crippen MR) is 69.1 cm³/mol. The summed E-state index contributed by atoms with van der Waals surface area (Å²) in [6.45, 7) is 2.58. The molecule has 1 unspecified atom stereocenters. The SMILES string of the molecule is CCNC(c1ccccc1)c1cnc(C(F)(F)F)s1. The van der Waals surface area contributed by atoms with Crippen LogP contribution >= 0.6 is 11.3 Å². The normalized spacial score (nSPS) is 13.5. The van der Waals surface area contributed by atoms with Crippen LogP contribution in [-0.4, -0.2) is 11.5 Å². The van der Waals surface area contributed by atoms with E-state index in [1.807, 2.05) is 37.3 Å². The molecule has 0 spiro atoms. The van der Waals surface area contributed by atoms with Crippen LogP contribution in [0.1, 0.15) is 28.4 Å². The zero-order valence-corrected chi connectivity index (χ0v) is 11.1. The second-order valence-corrected chi connectivity index (χ2v) is 5.03. The van der Waals surface area contributed by atoms with Crippen molar-refractivity contribution in [2.75, 3.05) is 6.54 Å². The summed E-state index contributed by atoms with van der Waals surface area (Å²) in [4.78, 5) is 4.04. The number of aromatic nitrogens is 1. The van der Waals surface area contributed by atoms with Gasteiger partial charge in [-0.1, -0.05) is 37.3 Å². The van der Waals surface area contributed by atoms with Gasteiger partial charge in [0, 0.05) is 11.1 Å². The molecule has 1 aromatic heterocycles. The van der Waals surface area contributed by atoms with Gasteiger partial charge in [0.2, 0.25) is 0 Å². The highest BCUT2D eigenvalue weighted by atomic mass is 32.1. The Kier molecular flexibility index (Phi) is 4.21. The molecule has 1 atom stereocenters. The average Bonchev–Trinajstić information content (AvgIpc) is 2.86. The van der Waals surface area contributed by atoms with Crippen LogP contribution in [-0.2, 0) is 6.18 Å². The minimum Gasteiger partial charge on any atom is -0.306 e. The lowest BCUT2D eigenvalue weighted by Gasteiger charge is -2.16. The molecule has 0 amide bonds. The van der Waals surface area contributed by atoms with Crippen LogP contribution in [0.3, 0.4) is 0 Å². The topological polar surface area (TPSA) is 24.9 Å². The van der Waals surface area contributed by atoms with Crippen LogP contribution in [0.4, 0.5) is 13.2 Å². The van der Waals surface area contributed by atoms with Gasteiger partial charge in [0.1, 0.15) is 0 Å². The van der Waals surface area contributed by atoms with Crippen molar-refractivity contribution in [2.45, 2.75) is 19.1 Å². The third kappa shape index (κ3) is 3.33. The summed E-state index contributed by atoms with van der Waals surface area (Å²) in [5, 5.41) is 2.38. The number of nitrogens with zero attached hydrogens (tertiary/aromatic N) is 1. The van der Waals surface area contributed by atoms with Gasteiger partial charge in [0.05, 0.1) is 6.04 Å². The lowest BCUT2D eigenvalue weighted by molar-refractivity contribution is -0.137. The lowest BCUT2D eigenvalue weighted by atomic mass is 10.1. The van der Waals surface area contributed by atoms with E-state index < -0.39 is 11.2 Å². The Bertz CT molecular complexity index is 522. The maximum absolute atomic E-state index is 12.6. The fourth-order valence-corrected chi connectivity index (χ4v) is 2.67. The third-order valence-electron chi connectivity index (χ3n) is 2.59. The van der Waals surface area contributed by atoms with E-state index in [4.69, 9.17) is 0 Å². The fraction of sp³-hybridized carbons (Fsp3) is 0.308. The second kappa shape index (κ2) is 5.71. The van der Waals surface area contributed by atoms with Gasteiger partial charge in [0.15, 0.2) is 5.01 Å². The first-order valence-corrected chi connectivity index (χ1v) is 6.65. The van der Waals surface area contributed by atoms with Crippen molar-refractivity contribution in [1.29, 1.82) is 0 Å². The molecule has 0 bridgehead atoms. The molecule has 2 nitrogen and oxygen atoms in total. The van der Waals surface area contributed by atoms with Gasteiger partial charge >= 0.3 is 6.18 Å². The Labute approximate surface area is 113 Å². The molecule has 2 rings (SSSR count). The molecule has 19 heavy (non-hydrogen) atoms. The number of halogens is 3. The van der Waals surface area contributed by atoms with Gasteiger partial charge in [0.25, 0.3) is 0 Å². The van der Waals surface area contributed by atoms with Gasteiger partial charge in [-0.3, -0.25) is 0 Å². The van der Waals surface area contributed by atoms with E-state index in [0.29, 0.717) is 22.8 Å². The predicted octanol–water partition coefficient (Wildman–Crippen LogP) is 3.86. The maximum atomic E-state index is 12.6. The summed E-state index contributed by atoms with van der Waals surface area (Å²) in [7, 11) is 0. The van der Waals surface area contributed by atoms with Crippen molar-refractivity contribution in [3.63, 3.8) is 0 Å². The standard InChI is InChI=1S/C13H13F3N2S/c1-2-17-11(9-6-4-3-5-7-9)10-8-18-12(19-10)13(14,15)16/h3-8,11,17H,2H2,1H3. The summed E-state index contributed by atoms with van der Waals surface area (Å²) in [5.74, 6) is 0. The van der Waals surface area contributed by atoms with Crippen molar-refractivity contribution in [2.24, 2.45) is 0 Å². The number of rotatable bonds is 4. The Hall–Kier alpha value is -1.40. The molecule has 0 radical (unpaired) electrons. The monoisotopic (exact) mass is 286 g/mol. The second-order valence-electron chi connectivity index (χ2n) is 3.97. The van der Waals surface area contributed by atoms with E-state index in [1.54, 1.807) is 0 Å². The van der Waals surface area contributed by atoms with Crippen LogP contribution in [0, 0.1) is 0 Å². The maximum Gasteiger partial charge on any atom is 0.443 e. The van der Waals surface area contributed by atoms with Gasteiger partial charge in [-0.05, 0) is 12.1 Å². The van der Waals surface area contributed by atoms with Crippen molar-refractivity contribution in [3.05, 3.63) is 52.0 Å². The quantitative estimate of drug-likeness (QED) is 0.923. The number of hydrogen-bond acceptors (Lipinski definition) is 3. The summed E-state index contributed by atoms with van der Waals surface area (Å²) in [6.07, 6.45) is -3.08. The molecule has 0 aliphatic heterocycles. The Morgan fingerprint density at radius 2 is 1.95 bits per heavy atom. The van der Waals surface area contributed by atoms with Gasteiger partial charge < -0.3 is 5.32 Å². The minimum absolute atomic E-state index is 0.250. The zero-order chi connectivity index (χ0) is 13.9. The highest BCUT2D eigenvalue weighted by Gasteiger charge is 2.35. The smallest absolute Gasteiger partial charge is 0.306 e. The van der Waals surface area contributed by atoms with E-state index >= 15 is 0 Å². The van der Waals surface area contributed by atoms with Crippen LogP contribution in [0.25, 0.3) is 0 Å². The van der Waals surface area contributed by atoms with Gasteiger partial charge in [-0.2, -0.15) is 13.2 Å². The molecule has 1 N–H and O–H groups in total. The first-order chi connectivity index (χ1) is 9.02. The van der Waals surface area contributed by atoms with Crippen LogP contribution in [0.15, 0.2) is 36.5 Å². The number of thiazole rings is 1. The van der Waals surface area contributed by atoms with Crippen molar-refractivity contribution in [1.82, 2.24) is 10.3 Å². The van der Waals surface area contributed by atoms with E-state index in [1.165, 1.54) is 6.20 Å². The largest absolute Gasteiger partial charge is 0.443 e. The summed E-state index contributed by atoms with van der Waals surface area (Å²) in [6, 6.07) is 9.14.